The van der Waals surface area contributed by atoms with Gasteiger partial charge in [-0.1, -0.05) is 0 Å². The van der Waals surface area contributed by atoms with Gasteiger partial charge in [0, 0.05) is 6.20 Å². The lowest BCUT2D eigenvalue weighted by atomic mass is 10.2. The Labute approximate surface area is 78.9 Å². The zero-order valence-corrected chi connectivity index (χ0v) is 6.79. The number of carboxylic acids is 1. The Morgan fingerprint density at radius 2 is 2.00 bits per heavy atom. The normalized spacial score (nSPS) is 12.1. The highest BCUT2D eigenvalue weighted by Crippen LogP contribution is 2.31. The van der Waals surface area contributed by atoms with E-state index in [-0.39, 0.29) is 10.9 Å². The molecule has 0 amide bonds. The fraction of sp³-hybridized carbons (Fsp3) is 0.333. The number of alkyl halides is 5. The Hall–Kier alpha value is -1.67. The molecule has 1 N–H and O–H groups in total. The standard InChI is InChI=1S/C6H3F5N2O2/c7-5(8)13-1-2(4(14)15)3(12-13)6(9,10)11/h1,5H,(H,14,15). The summed E-state index contributed by atoms with van der Waals surface area (Å²) in [6.07, 6.45) is -4.94. The molecule has 1 aromatic rings. The van der Waals surface area contributed by atoms with Crippen molar-refractivity contribution in [2.45, 2.75) is 12.7 Å². The fourth-order valence-electron chi connectivity index (χ4n) is 0.858. The number of carbonyl (C=O) groups is 1. The van der Waals surface area contributed by atoms with Crippen molar-refractivity contribution in [2.24, 2.45) is 0 Å². The first kappa shape index (κ1) is 11.4. The van der Waals surface area contributed by atoms with Crippen molar-refractivity contribution in [2.75, 3.05) is 0 Å². The minimum absolute atomic E-state index is 0.135. The molecular formula is C6H3F5N2O2. The van der Waals surface area contributed by atoms with E-state index in [4.69, 9.17) is 5.11 Å². The van der Waals surface area contributed by atoms with Crippen LogP contribution in [0.25, 0.3) is 0 Å². The lowest BCUT2D eigenvalue weighted by molar-refractivity contribution is -0.142. The smallest absolute Gasteiger partial charge is 0.436 e. The molecule has 0 bridgehead atoms. The van der Waals surface area contributed by atoms with Gasteiger partial charge >= 0.3 is 18.7 Å². The van der Waals surface area contributed by atoms with E-state index in [9.17, 15) is 26.7 Å². The predicted molar refractivity (Wildman–Crippen MR) is 35.4 cm³/mol. The van der Waals surface area contributed by atoms with Crippen LogP contribution in [0, 0.1) is 0 Å². The molecule has 0 aliphatic rings. The number of halogens is 5. The topological polar surface area (TPSA) is 55.1 Å². The maximum atomic E-state index is 12.1. The van der Waals surface area contributed by atoms with Crippen LogP contribution < -0.4 is 0 Å². The second kappa shape index (κ2) is 3.48. The monoisotopic (exact) mass is 230 g/mol. The summed E-state index contributed by atoms with van der Waals surface area (Å²) in [7, 11) is 0. The molecule has 1 rings (SSSR count). The second-order valence-electron chi connectivity index (χ2n) is 2.45. The van der Waals surface area contributed by atoms with Crippen molar-refractivity contribution in [1.29, 1.82) is 0 Å². The summed E-state index contributed by atoms with van der Waals surface area (Å²) in [5.74, 6) is -1.96. The summed E-state index contributed by atoms with van der Waals surface area (Å²) in [5.41, 5.74) is -3.14. The summed E-state index contributed by atoms with van der Waals surface area (Å²) < 4.78 is 59.9. The van der Waals surface area contributed by atoms with Crippen LogP contribution in [0.5, 0.6) is 0 Å². The van der Waals surface area contributed by atoms with Crippen LogP contribution in [0.3, 0.4) is 0 Å². The number of hydrogen-bond donors (Lipinski definition) is 1. The number of aromatic nitrogens is 2. The molecule has 84 valence electrons. The van der Waals surface area contributed by atoms with Crippen LogP contribution in [-0.4, -0.2) is 20.9 Å². The van der Waals surface area contributed by atoms with Gasteiger partial charge in [0.1, 0.15) is 5.56 Å². The number of rotatable bonds is 2. The molecule has 0 aliphatic heterocycles. The van der Waals surface area contributed by atoms with E-state index < -0.39 is 30.0 Å². The zero-order valence-electron chi connectivity index (χ0n) is 6.79. The van der Waals surface area contributed by atoms with Crippen molar-refractivity contribution in [3.8, 4) is 0 Å². The van der Waals surface area contributed by atoms with Crippen molar-refractivity contribution >= 4 is 5.97 Å². The van der Waals surface area contributed by atoms with Crippen LogP contribution in [0.2, 0.25) is 0 Å². The Balaban J connectivity index is 3.30. The third-order valence-corrected chi connectivity index (χ3v) is 1.43. The van der Waals surface area contributed by atoms with Crippen molar-refractivity contribution in [3.63, 3.8) is 0 Å². The van der Waals surface area contributed by atoms with E-state index in [0.717, 1.165) is 0 Å². The Morgan fingerprint density at radius 1 is 1.47 bits per heavy atom. The molecule has 9 heteroatoms. The highest BCUT2D eigenvalue weighted by atomic mass is 19.4. The Morgan fingerprint density at radius 3 is 2.27 bits per heavy atom. The van der Waals surface area contributed by atoms with Crippen molar-refractivity contribution in [3.05, 3.63) is 17.5 Å². The largest absolute Gasteiger partial charge is 0.478 e. The Kier molecular flexibility index (Phi) is 2.65. The lowest BCUT2D eigenvalue weighted by Crippen LogP contribution is -2.12. The average molecular weight is 230 g/mol. The molecule has 0 aromatic carbocycles. The molecule has 0 fully saturated rings. The highest BCUT2D eigenvalue weighted by Gasteiger charge is 2.39. The molecular weight excluding hydrogens is 227 g/mol. The molecule has 1 heterocycles. The van der Waals surface area contributed by atoms with Gasteiger partial charge in [0.15, 0.2) is 5.69 Å². The maximum absolute atomic E-state index is 12.1. The fourth-order valence-corrected chi connectivity index (χ4v) is 0.858. The zero-order chi connectivity index (χ0) is 11.8. The van der Waals surface area contributed by atoms with Gasteiger partial charge in [-0.3, -0.25) is 0 Å². The van der Waals surface area contributed by atoms with E-state index in [1.807, 2.05) is 0 Å². The number of hydrogen-bond acceptors (Lipinski definition) is 2. The summed E-state index contributed by atoms with van der Waals surface area (Å²) >= 11 is 0. The van der Waals surface area contributed by atoms with E-state index in [0.29, 0.717) is 0 Å². The minimum atomic E-state index is -5.08. The molecule has 0 aliphatic carbocycles. The van der Waals surface area contributed by atoms with Crippen LogP contribution >= 0.6 is 0 Å². The van der Waals surface area contributed by atoms with Gasteiger partial charge in [-0.05, 0) is 0 Å². The summed E-state index contributed by atoms with van der Waals surface area (Å²) in [6, 6.07) is 0. The van der Waals surface area contributed by atoms with Gasteiger partial charge in [-0.2, -0.15) is 27.1 Å². The highest BCUT2D eigenvalue weighted by molar-refractivity contribution is 5.88. The van der Waals surface area contributed by atoms with Gasteiger partial charge in [0.05, 0.1) is 0 Å². The van der Waals surface area contributed by atoms with E-state index in [1.165, 1.54) is 0 Å². The third-order valence-electron chi connectivity index (χ3n) is 1.43. The third kappa shape index (κ3) is 2.22. The van der Waals surface area contributed by atoms with Gasteiger partial charge in [-0.25, -0.2) is 9.48 Å². The van der Waals surface area contributed by atoms with Crippen molar-refractivity contribution in [1.82, 2.24) is 9.78 Å². The number of nitrogens with zero attached hydrogens (tertiary/aromatic N) is 2. The maximum Gasteiger partial charge on any atom is 0.436 e. The molecule has 0 saturated carbocycles. The first-order valence-corrected chi connectivity index (χ1v) is 3.41. The molecule has 0 atom stereocenters. The van der Waals surface area contributed by atoms with E-state index >= 15 is 0 Å². The SMILES string of the molecule is O=C(O)c1cn(C(F)F)nc1C(F)(F)F. The van der Waals surface area contributed by atoms with Crippen LogP contribution in [0.4, 0.5) is 22.0 Å². The molecule has 0 unspecified atom stereocenters. The van der Waals surface area contributed by atoms with Gasteiger partial charge in [-0.15, -0.1) is 0 Å². The number of carboxylic acid groups (broad SMARTS) is 1. The predicted octanol–water partition coefficient (Wildman–Crippen LogP) is 2.00. The molecule has 0 spiro atoms. The quantitative estimate of drug-likeness (QED) is 0.790. The van der Waals surface area contributed by atoms with Gasteiger partial charge in [0.2, 0.25) is 0 Å². The second-order valence-corrected chi connectivity index (χ2v) is 2.45. The van der Waals surface area contributed by atoms with Crippen LogP contribution in [-0.2, 0) is 6.18 Å². The summed E-state index contributed by atoms with van der Waals surface area (Å²) in [6.45, 7) is -3.32. The minimum Gasteiger partial charge on any atom is -0.478 e. The number of aromatic carboxylic acids is 1. The molecule has 0 radical (unpaired) electrons. The van der Waals surface area contributed by atoms with Gasteiger partial charge in [0.25, 0.3) is 0 Å². The average Bonchev–Trinajstić information content (AvgIpc) is 2.45. The molecule has 0 saturated heterocycles. The van der Waals surface area contributed by atoms with Crippen molar-refractivity contribution < 1.29 is 31.9 Å². The van der Waals surface area contributed by atoms with E-state index in [2.05, 4.69) is 5.10 Å². The summed E-state index contributed by atoms with van der Waals surface area (Å²) in [5, 5.41) is 10.8. The summed E-state index contributed by atoms with van der Waals surface area (Å²) in [4.78, 5) is 10.3. The first-order valence-electron chi connectivity index (χ1n) is 3.41. The van der Waals surface area contributed by atoms with E-state index in [1.54, 1.807) is 0 Å². The van der Waals surface area contributed by atoms with Crippen LogP contribution in [0.15, 0.2) is 6.20 Å². The molecule has 15 heavy (non-hydrogen) atoms. The van der Waals surface area contributed by atoms with Gasteiger partial charge < -0.3 is 5.11 Å². The Bertz CT molecular complexity index is 383. The molecule has 4 nitrogen and oxygen atoms in total. The first-order chi connectivity index (χ1) is 6.73. The molecule has 1 aromatic heterocycles. The van der Waals surface area contributed by atoms with Crippen LogP contribution in [0.1, 0.15) is 22.6 Å². The lowest BCUT2D eigenvalue weighted by Gasteiger charge is -2.02.